The van der Waals surface area contributed by atoms with Gasteiger partial charge in [0.15, 0.2) is 0 Å². The predicted molar refractivity (Wildman–Crippen MR) is 76.8 cm³/mol. The predicted octanol–water partition coefficient (Wildman–Crippen LogP) is 2.05. The van der Waals surface area contributed by atoms with Gasteiger partial charge in [0.1, 0.15) is 12.4 Å². The maximum atomic E-state index is 11.3. The van der Waals surface area contributed by atoms with Crippen LogP contribution in [0, 0.1) is 11.8 Å². The van der Waals surface area contributed by atoms with Crippen molar-refractivity contribution in [3.8, 4) is 17.6 Å². The lowest BCUT2D eigenvalue weighted by Crippen LogP contribution is -2.26. The van der Waals surface area contributed by atoms with Gasteiger partial charge in [-0.15, -0.1) is 0 Å². The highest BCUT2D eigenvalue weighted by Crippen LogP contribution is 2.22. The van der Waals surface area contributed by atoms with Crippen LogP contribution in [0.5, 0.6) is 5.75 Å². The minimum atomic E-state index is -3.19. The van der Waals surface area contributed by atoms with E-state index in [1.54, 1.807) is 12.1 Å². The Balaban J connectivity index is 2.32. The largest absolute Gasteiger partial charge is 0.479 e. The fraction of sp³-hybridized carbons (Fsp3) is 0.385. The van der Waals surface area contributed by atoms with Crippen LogP contribution in [0.3, 0.4) is 0 Å². The van der Waals surface area contributed by atoms with Gasteiger partial charge in [0, 0.05) is 0 Å². The fourth-order valence-electron chi connectivity index (χ4n) is 1.28. The van der Waals surface area contributed by atoms with Gasteiger partial charge in [-0.2, -0.15) is 0 Å². The first-order valence-electron chi connectivity index (χ1n) is 5.85. The molecule has 0 heterocycles. The highest BCUT2D eigenvalue weighted by molar-refractivity contribution is 7.89. The maximum Gasteiger partial charge on any atom is 0.212 e. The van der Waals surface area contributed by atoms with Crippen LogP contribution < -0.4 is 9.46 Å². The average Bonchev–Trinajstić information content (AvgIpc) is 2.35. The van der Waals surface area contributed by atoms with Gasteiger partial charge in [-0.1, -0.05) is 42.5 Å². The van der Waals surface area contributed by atoms with Crippen molar-refractivity contribution in [2.24, 2.45) is 0 Å². The summed E-state index contributed by atoms with van der Waals surface area (Å²) in [4.78, 5) is 0. The van der Waals surface area contributed by atoms with Crippen LogP contribution in [0.4, 0.5) is 0 Å². The van der Waals surface area contributed by atoms with E-state index in [4.69, 9.17) is 16.3 Å². The first kappa shape index (κ1) is 15.8. The van der Waals surface area contributed by atoms with Crippen molar-refractivity contribution in [3.05, 3.63) is 29.3 Å². The third-order valence-electron chi connectivity index (χ3n) is 2.11. The Kier molecular flexibility index (Phi) is 6.71. The van der Waals surface area contributed by atoms with E-state index in [1.165, 1.54) is 0 Å². The molecule has 19 heavy (non-hydrogen) atoms. The average molecular weight is 302 g/mol. The Morgan fingerprint density at radius 3 is 2.74 bits per heavy atom. The normalized spacial score (nSPS) is 10.6. The van der Waals surface area contributed by atoms with Gasteiger partial charge in [-0.3, -0.25) is 0 Å². The summed E-state index contributed by atoms with van der Waals surface area (Å²) in [5, 5.41) is 0.521. The van der Waals surface area contributed by atoms with E-state index in [9.17, 15) is 8.42 Å². The lowest BCUT2D eigenvalue weighted by Gasteiger charge is -2.03. The second-order valence-electron chi connectivity index (χ2n) is 3.71. The Bertz CT molecular complexity index is 561. The molecule has 0 unspecified atom stereocenters. The lowest BCUT2D eigenvalue weighted by molar-refractivity contribution is 0.370. The molecule has 0 atom stereocenters. The van der Waals surface area contributed by atoms with Crippen molar-refractivity contribution >= 4 is 21.6 Å². The molecule has 1 aromatic rings. The van der Waals surface area contributed by atoms with Crippen molar-refractivity contribution in [1.82, 2.24) is 4.72 Å². The van der Waals surface area contributed by atoms with Crippen molar-refractivity contribution in [2.75, 3.05) is 18.9 Å². The number of sulfonamides is 1. The number of nitrogens with one attached hydrogen (secondary N) is 1. The molecule has 4 nitrogen and oxygen atoms in total. The van der Waals surface area contributed by atoms with Gasteiger partial charge in [-0.05, 0) is 18.6 Å². The summed E-state index contributed by atoms with van der Waals surface area (Å²) in [6.07, 6.45) is 0.582. The van der Waals surface area contributed by atoms with Gasteiger partial charge in [0.25, 0.3) is 0 Å². The molecule has 1 aromatic carbocycles. The summed E-state index contributed by atoms with van der Waals surface area (Å²) in [6.45, 7) is 2.07. The molecular formula is C13H16ClNO3S. The summed E-state index contributed by atoms with van der Waals surface area (Å²) >= 11 is 5.89. The molecule has 0 aliphatic heterocycles. The molecule has 0 radical (unpaired) electrons. The van der Waals surface area contributed by atoms with Crippen molar-refractivity contribution < 1.29 is 13.2 Å². The van der Waals surface area contributed by atoms with Crippen LogP contribution in [-0.4, -0.2) is 27.3 Å². The number of para-hydroxylation sites is 1. The van der Waals surface area contributed by atoms with E-state index in [1.807, 2.05) is 19.1 Å². The fourth-order valence-corrected chi connectivity index (χ4v) is 2.44. The van der Waals surface area contributed by atoms with E-state index in [-0.39, 0.29) is 18.9 Å². The molecule has 0 saturated heterocycles. The van der Waals surface area contributed by atoms with E-state index >= 15 is 0 Å². The number of halogens is 1. The molecule has 0 fully saturated rings. The molecule has 104 valence electrons. The van der Waals surface area contributed by atoms with E-state index in [0.29, 0.717) is 17.2 Å². The maximum absolute atomic E-state index is 11.3. The third kappa shape index (κ3) is 6.48. The molecule has 0 amide bonds. The monoisotopic (exact) mass is 301 g/mol. The number of hydrogen-bond acceptors (Lipinski definition) is 3. The SMILES string of the molecule is CCCS(=O)(=O)NCC#CCOc1ccccc1Cl. The zero-order valence-electron chi connectivity index (χ0n) is 10.6. The molecule has 0 bridgehead atoms. The summed E-state index contributed by atoms with van der Waals surface area (Å²) in [7, 11) is -3.19. The van der Waals surface area contributed by atoms with Gasteiger partial charge >= 0.3 is 0 Å². The summed E-state index contributed by atoms with van der Waals surface area (Å²) in [5.74, 6) is 6.08. The number of rotatable bonds is 6. The number of hydrogen-bond donors (Lipinski definition) is 1. The molecular weight excluding hydrogens is 286 g/mol. The Labute approximate surface area is 119 Å². The van der Waals surface area contributed by atoms with Crippen molar-refractivity contribution in [3.63, 3.8) is 0 Å². The second kappa shape index (κ2) is 8.05. The van der Waals surface area contributed by atoms with Gasteiger partial charge < -0.3 is 4.74 Å². The summed E-state index contributed by atoms with van der Waals surface area (Å²) in [6, 6.07) is 7.09. The molecule has 6 heteroatoms. The number of ether oxygens (including phenoxy) is 1. The quantitative estimate of drug-likeness (QED) is 0.818. The first-order chi connectivity index (χ1) is 9.05. The van der Waals surface area contributed by atoms with Crippen LogP contribution in [-0.2, 0) is 10.0 Å². The lowest BCUT2D eigenvalue weighted by atomic mass is 10.3. The van der Waals surface area contributed by atoms with Crippen LogP contribution in [0.15, 0.2) is 24.3 Å². The molecule has 1 rings (SSSR count). The highest BCUT2D eigenvalue weighted by Gasteiger charge is 2.05. The van der Waals surface area contributed by atoms with E-state index in [2.05, 4.69) is 16.6 Å². The first-order valence-corrected chi connectivity index (χ1v) is 7.88. The van der Waals surface area contributed by atoms with Crippen LogP contribution in [0.1, 0.15) is 13.3 Å². The van der Waals surface area contributed by atoms with Crippen LogP contribution in [0.2, 0.25) is 5.02 Å². The summed E-state index contributed by atoms with van der Waals surface area (Å²) in [5.41, 5.74) is 0. The van der Waals surface area contributed by atoms with Crippen molar-refractivity contribution in [2.45, 2.75) is 13.3 Å². The number of benzene rings is 1. The molecule has 0 spiro atoms. The van der Waals surface area contributed by atoms with Crippen LogP contribution >= 0.6 is 11.6 Å². The summed E-state index contributed by atoms with van der Waals surface area (Å²) < 4.78 is 30.3. The topological polar surface area (TPSA) is 55.4 Å². The minimum absolute atomic E-state index is 0.0915. The standard InChI is InChI=1S/C13H16ClNO3S/c1-2-11-19(16,17)15-9-5-6-10-18-13-8-4-3-7-12(13)14/h3-4,7-8,15H,2,9-11H2,1H3. The Hall–Kier alpha value is -1.22. The molecule has 1 N–H and O–H groups in total. The van der Waals surface area contributed by atoms with E-state index < -0.39 is 10.0 Å². The highest BCUT2D eigenvalue weighted by atomic mass is 35.5. The van der Waals surface area contributed by atoms with Gasteiger partial charge in [-0.25, -0.2) is 13.1 Å². The molecule has 0 aliphatic carbocycles. The smallest absolute Gasteiger partial charge is 0.212 e. The zero-order valence-corrected chi connectivity index (χ0v) is 12.2. The van der Waals surface area contributed by atoms with E-state index in [0.717, 1.165) is 0 Å². The van der Waals surface area contributed by atoms with Crippen LogP contribution in [0.25, 0.3) is 0 Å². The molecule has 0 aromatic heterocycles. The van der Waals surface area contributed by atoms with Crippen molar-refractivity contribution in [1.29, 1.82) is 0 Å². The van der Waals surface area contributed by atoms with Gasteiger partial charge in [0.2, 0.25) is 10.0 Å². The molecule has 0 saturated carbocycles. The Morgan fingerprint density at radius 2 is 2.05 bits per heavy atom. The zero-order chi connectivity index (χ0) is 14.1. The third-order valence-corrected chi connectivity index (χ3v) is 3.96. The second-order valence-corrected chi connectivity index (χ2v) is 6.05. The molecule has 0 aliphatic rings. The minimum Gasteiger partial charge on any atom is -0.479 e. The Morgan fingerprint density at radius 1 is 1.32 bits per heavy atom. The van der Waals surface area contributed by atoms with Gasteiger partial charge in [0.05, 0.1) is 17.3 Å².